The number of benzene rings is 1. The molecule has 19 heavy (non-hydrogen) atoms. The number of nitrogens with zero attached hydrogens (tertiary/aromatic N) is 1. The van der Waals surface area contributed by atoms with Crippen LogP contribution in [0.3, 0.4) is 0 Å². The van der Waals surface area contributed by atoms with E-state index in [0.29, 0.717) is 16.6 Å². The summed E-state index contributed by atoms with van der Waals surface area (Å²) in [6.07, 6.45) is 1.58. The van der Waals surface area contributed by atoms with Gasteiger partial charge in [-0.05, 0) is 42.3 Å². The number of hydrazine groups is 1. The van der Waals surface area contributed by atoms with Gasteiger partial charge in [-0.15, -0.1) is 0 Å². The van der Waals surface area contributed by atoms with Gasteiger partial charge < -0.3 is 0 Å². The number of nitrogens with one attached hydrogen (secondary N) is 1. The molecule has 0 amide bonds. The molecule has 2 aromatic rings. The highest BCUT2D eigenvalue weighted by Gasteiger charge is 2.13. The Balaban J connectivity index is 2.21. The summed E-state index contributed by atoms with van der Waals surface area (Å²) >= 11 is 3.23. The highest BCUT2D eigenvalue weighted by molar-refractivity contribution is 9.10. The van der Waals surface area contributed by atoms with Gasteiger partial charge in [0, 0.05) is 4.47 Å². The Kier molecular flexibility index (Phi) is 4.57. The second kappa shape index (κ2) is 6.18. The molecule has 100 valence electrons. The predicted molar refractivity (Wildman–Crippen MR) is 72.1 cm³/mol. The summed E-state index contributed by atoms with van der Waals surface area (Å²) in [5, 5.41) is 0. The minimum Gasteiger partial charge on any atom is -0.271 e. The fourth-order valence-electron chi connectivity index (χ4n) is 1.81. The van der Waals surface area contributed by atoms with Gasteiger partial charge in [0.2, 0.25) is 0 Å². The number of aromatic nitrogens is 1. The van der Waals surface area contributed by atoms with Crippen molar-refractivity contribution in [2.75, 3.05) is 0 Å². The Bertz CT molecular complexity index is 540. The SMILES string of the molecule is NNC(Cc1cc(F)cc(Br)c1)c1ccc(F)cn1. The molecule has 1 unspecified atom stereocenters. The molecular formula is C13H12BrF2N3. The van der Waals surface area contributed by atoms with E-state index in [1.165, 1.54) is 18.2 Å². The van der Waals surface area contributed by atoms with Crippen molar-refractivity contribution in [1.82, 2.24) is 10.4 Å². The third-order valence-electron chi connectivity index (χ3n) is 2.67. The van der Waals surface area contributed by atoms with Crippen LogP contribution in [-0.4, -0.2) is 4.98 Å². The van der Waals surface area contributed by atoms with Crippen LogP contribution in [0.15, 0.2) is 41.0 Å². The van der Waals surface area contributed by atoms with Crippen LogP contribution in [0, 0.1) is 11.6 Å². The van der Waals surface area contributed by atoms with Crippen molar-refractivity contribution >= 4 is 15.9 Å². The van der Waals surface area contributed by atoms with Crippen LogP contribution in [0.1, 0.15) is 17.3 Å². The largest absolute Gasteiger partial charge is 0.271 e. The fraction of sp³-hybridized carbons (Fsp3) is 0.154. The van der Waals surface area contributed by atoms with Gasteiger partial charge >= 0.3 is 0 Å². The molecule has 1 atom stereocenters. The number of hydrogen-bond acceptors (Lipinski definition) is 3. The lowest BCUT2D eigenvalue weighted by atomic mass is 10.0. The van der Waals surface area contributed by atoms with Gasteiger partial charge in [0.25, 0.3) is 0 Å². The zero-order valence-electron chi connectivity index (χ0n) is 9.91. The molecule has 0 radical (unpaired) electrons. The molecule has 2 rings (SSSR count). The lowest BCUT2D eigenvalue weighted by Gasteiger charge is -2.15. The van der Waals surface area contributed by atoms with Crippen molar-refractivity contribution in [1.29, 1.82) is 0 Å². The first kappa shape index (κ1) is 14.0. The first-order valence-corrected chi connectivity index (χ1v) is 6.40. The number of halogens is 3. The van der Waals surface area contributed by atoms with Crippen LogP contribution >= 0.6 is 15.9 Å². The van der Waals surface area contributed by atoms with Crippen molar-refractivity contribution in [3.63, 3.8) is 0 Å². The molecule has 0 saturated carbocycles. The number of nitrogens with two attached hydrogens (primary N) is 1. The first-order chi connectivity index (χ1) is 9.08. The summed E-state index contributed by atoms with van der Waals surface area (Å²) in [5.74, 6) is 4.74. The summed E-state index contributed by atoms with van der Waals surface area (Å²) in [4.78, 5) is 3.97. The second-order valence-electron chi connectivity index (χ2n) is 4.10. The maximum absolute atomic E-state index is 13.3. The lowest BCUT2D eigenvalue weighted by molar-refractivity contribution is 0.530. The Morgan fingerprint density at radius 1 is 1.21 bits per heavy atom. The van der Waals surface area contributed by atoms with Gasteiger partial charge in [-0.1, -0.05) is 15.9 Å². The van der Waals surface area contributed by atoms with Crippen molar-refractivity contribution in [2.24, 2.45) is 5.84 Å². The molecule has 1 aromatic carbocycles. The van der Waals surface area contributed by atoms with Crippen molar-refractivity contribution in [3.8, 4) is 0 Å². The zero-order valence-corrected chi connectivity index (χ0v) is 11.5. The van der Waals surface area contributed by atoms with E-state index in [-0.39, 0.29) is 11.9 Å². The lowest BCUT2D eigenvalue weighted by Crippen LogP contribution is -2.30. The first-order valence-electron chi connectivity index (χ1n) is 5.61. The summed E-state index contributed by atoms with van der Waals surface area (Å²) in [6, 6.07) is 7.16. The molecule has 3 nitrogen and oxygen atoms in total. The molecule has 0 bridgehead atoms. The van der Waals surface area contributed by atoms with Gasteiger partial charge in [0.1, 0.15) is 11.6 Å². The third kappa shape index (κ3) is 3.79. The van der Waals surface area contributed by atoms with Crippen LogP contribution < -0.4 is 11.3 Å². The van der Waals surface area contributed by atoms with Crippen LogP contribution in [0.25, 0.3) is 0 Å². The summed E-state index contributed by atoms with van der Waals surface area (Å²) in [7, 11) is 0. The smallest absolute Gasteiger partial charge is 0.141 e. The zero-order chi connectivity index (χ0) is 13.8. The van der Waals surface area contributed by atoms with Crippen LogP contribution in [0.2, 0.25) is 0 Å². The van der Waals surface area contributed by atoms with Gasteiger partial charge in [-0.2, -0.15) is 0 Å². The molecule has 1 aromatic heterocycles. The third-order valence-corrected chi connectivity index (χ3v) is 3.13. The van der Waals surface area contributed by atoms with Gasteiger partial charge in [0.15, 0.2) is 0 Å². The molecule has 6 heteroatoms. The number of pyridine rings is 1. The van der Waals surface area contributed by atoms with E-state index in [4.69, 9.17) is 5.84 Å². The number of hydrogen-bond donors (Lipinski definition) is 2. The van der Waals surface area contributed by atoms with E-state index >= 15 is 0 Å². The van der Waals surface area contributed by atoms with Crippen molar-refractivity contribution in [2.45, 2.75) is 12.5 Å². The topological polar surface area (TPSA) is 50.9 Å². The van der Waals surface area contributed by atoms with Crippen LogP contribution in [0.4, 0.5) is 8.78 Å². The average Bonchev–Trinajstić information content (AvgIpc) is 2.36. The van der Waals surface area contributed by atoms with E-state index in [1.54, 1.807) is 12.1 Å². The highest BCUT2D eigenvalue weighted by Crippen LogP contribution is 2.20. The average molecular weight is 328 g/mol. The highest BCUT2D eigenvalue weighted by atomic mass is 79.9. The quantitative estimate of drug-likeness (QED) is 0.670. The van der Waals surface area contributed by atoms with Crippen LogP contribution in [0.5, 0.6) is 0 Å². The van der Waals surface area contributed by atoms with Gasteiger partial charge in [0.05, 0.1) is 17.9 Å². The van der Waals surface area contributed by atoms with E-state index in [0.717, 1.165) is 11.8 Å². The second-order valence-corrected chi connectivity index (χ2v) is 5.02. The Morgan fingerprint density at radius 3 is 2.58 bits per heavy atom. The molecule has 0 aliphatic heterocycles. The standard InChI is InChI=1S/C13H12BrF2N3/c14-9-3-8(4-11(16)6-9)5-13(19-17)12-2-1-10(15)7-18-12/h1-4,6-7,13,19H,5,17H2. The summed E-state index contributed by atoms with van der Waals surface area (Å²) in [6.45, 7) is 0. The van der Waals surface area contributed by atoms with Crippen molar-refractivity contribution < 1.29 is 8.78 Å². The maximum atomic E-state index is 13.3. The van der Waals surface area contributed by atoms with E-state index < -0.39 is 5.82 Å². The molecule has 0 aliphatic carbocycles. The van der Waals surface area contributed by atoms with Crippen LogP contribution in [-0.2, 0) is 6.42 Å². The molecule has 0 saturated heterocycles. The minimum absolute atomic E-state index is 0.311. The monoisotopic (exact) mass is 327 g/mol. The van der Waals surface area contributed by atoms with E-state index in [9.17, 15) is 8.78 Å². The fourth-order valence-corrected chi connectivity index (χ4v) is 2.32. The van der Waals surface area contributed by atoms with Crippen molar-refractivity contribution in [3.05, 3.63) is 63.9 Å². The summed E-state index contributed by atoms with van der Waals surface area (Å²) < 4.78 is 26.8. The number of rotatable bonds is 4. The minimum atomic E-state index is -0.409. The van der Waals surface area contributed by atoms with E-state index in [1.807, 2.05) is 0 Å². The van der Waals surface area contributed by atoms with E-state index in [2.05, 4.69) is 26.3 Å². The summed E-state index contributed by atoms with van der Waals surface area (Å²) in [5.41, 5.74) is 3.97. The van der Waals surface area contributed by atoms with Gasteiger partial charge in [-0.3, -0.25) is 16.3 Å². The molecule has 1 heterocycles. The normalized spacial score (nSPS) is 12.4. The molecule has 0 spiro atoms. The Morgan fingerprint density at radius 2 is 2.00 bits per heavy atom. The maximum Gasteiger partial charge on any atom is 0.141 e. The Labute approximate surface area is 117 Å². The molecular weight excluding hydrogens is 316 g/mol. The molecule has 0 aliphatic rings. The van der Waals surface area contributed by atoms with Gasteiger partial charge in [-0.25, -0.2) is 8.78 Å². The molecule has 3 N–H and O–H groups in total. The Hall–Kier alpha value is -1.37. The predicted octanol–water partition coefficient (Wildman–Crippen LogP) is 2.87. The molecule has 0 fully saturated rings.